The molecule has 4 rings (SSSR count). The van der Waals surface area contributed by atoms with E-state index in [0.717, 1.165) is 12.8 Å². The summed E-state index contributed by atoms with van der Waals surface area (Å²) < 4.78 is 5.75. The highest BCUT2D eigenvalue weighted by molar-refractivity contribution is 5.94. The Morgan fingerprint density at radius 3 is 2.92 bits per heavy atom. The van der Waals surface area contributed by atoms with Crippen LogP contribution in [-0.4, -0.2) is 27.1 Å². The Labute approximate surface area is 138 Å². The Balaban J connectivity index is 1.58. The molecule has 0 aliphatic heterocycles. The fourth-order valence-electron chi connectivity index (χ4n) is 3.08. The third-order valence-electron chi connectivity index (χ3n) is 4.36. The number of benzene rings is 1. The van der Waals surface area contributed by atoms with Gasteiger partial charge >= 0.3 is 0 Å². The SMILES string of the molecule is O=C(Nc1ccc2nc(-c3ccccn3)oc2c1)C1CCCC1O. The molecular weight excluding hydrogens is 306 g/mol. The number of nitrogens with one attached hydrogen (secondary N) is 1. The number of fused-ring (bicyclic) bond motifs is 1. The molecule has 2 unspecified atom stereocenters. The van der Waals surface area contributed by atoms with Gasteiger partial charge in [0.05, 0.1) is 12.0 Å². The molecule has 2 heterocycles. The van der Waals surface area contributed by atoms with Crippen LogP contribution in [0.25, 0.3) is 22.7 Å². The number of nitrogens with zero attached hydrogens (tertiary/aromatic N) is 2. The van der Waals surface area contributed by atoms with Crippen LogP contribution in [0.15, 0.2) is 47.0 Å². The van der Waals surface area contributed by atoms with Crippen molar-refractivity contribution in [2.75, 3.05) is 5.32 Å². The van der Waals surface area contributed by atoms with Gasteiger partial charge in [0.15, 0.2) is 5.58 Å². The average Bonchev–Trinajstić information content (AvgIpc) is 3.21. The topological polar surface area (TPSA) is 88.3 Å². The van der Waals surface area contributed by atoms with Crippen molar-refractivity contribution in [3.05, 3.63) is 42.6 Å². The number of hydrogen-bond acceptors (Lipinski definition) is 5. The van der Waals surface area contributed by atoms with Gasteiger partial charge in [0.25, 0.3) is 0 Å². The first kappa shape index (κ1) is 14.8. The van der Waals surface area contributed by atoms with E-state index in [9.17, 15) is 9.90 Å². The van der Waals surface area contributed by atoms with Crippen LogP contribution < -0.4 is 5.32 Å². The van der Waals surface area contributed by atoms with Crippen LogP contribution in [0.5, 0.6) is 0 Å². The number of amides is 1. The maximum absolute atomic E-state index is 12.3. The Bertz CT molecular complexity index is 876. The molecule has 6 heteroatoms. The molecule has 1 amide bonds. The molecule has 2 atom stereocenters. The molecule has 6 nitrogen and oxygen atoms in total. The van der Waals surface area contributed by atoms with Crippen molar-refractivity contribution in [2.45, 2.75) is 25.4 Å². The maximum atomic E-state index is 12.3. The Morgan fingerprint density at radius 2 is 2.17 bits per heavy atom. The van der Waals surface area contributed by atoms with Gasteiger partial charge in [0, 0.05) is 18.0 Å². The molecule has 1 fully saturated rings. The fourth-order valence-corrected chi connectivity index (χ4v) is 3.08. The summed E-state index contributed by atoms with van der Waals surface area (Å²) in [6.07, 6.45) is 3.43. The van der Waals surface area contributed by atoms with Crippen molar-refractivity contribution >= 4 is 22.7 Å². The third kappa shape index (κ3) is 2.76. The van der Waals surface area contributed by atoms with E-state index in [1.165, 1.54) is 0 Å². The van der Waals surface area contributed by atoms with E-state index in [-0.39, 0.29) is 11.8 Å². The van der Waals surface area contributed by atoms with Gasteiger partial charge < -0.3 is 14.8 Å². The smallest absolute Gasteiger partial charge is 0.246 e. The number of aromatic nitrogens is 2. The number of carbonyl (C=O) groups excluding carboxylic acids is 1. The summed E-state index contributed by atoms with van der Waals surface area (Å²) >= 11 is 0. The van der Waals surface area contributed by atoms with Gasteiger partial charge in [-0.2, -0.15) is 0 Å². The minimum atomic E-state index is -0.547. The second kappa shape index (κ2) is 6.05. The molecule has 1 saturated carbocycles. The first-order valence-electron chi connectivity index (χ1n) is 8.01. The summed E-state index contributed by atoms with van der Waals surface area (Å²) in [7, 11) is 0. The minimum absolute atomic E-state index is 0.149. The lowest BCUT2D eigenvalue weighted by Gasteiger charge is -2.14. The van der Waals surface area contributed by atoms with Gasteiger partial charge in [-0.15, -0.1) is 0 Å². The molecular formula is C18H17N3O3. The average molecular weight is 323 g/mol. The van der Waals surface area contributed by atoms with Gasteiger partial charge in [-0.3, -0.25) is 9.78 Å². The zero-order valence-electron chi connectivity index (χ0n) is 13.0. The van der Waals surface area contributed by atoms with E-state index in [1.54, 1.807) is 24.4 Å². The highest BCUT2D eigenvalue weighted by atomic mass is 16.3. The molecule has 1 aliphatic carbocycles. The Hall–Kier alpha value is -2.73. The minimum Gasteiger partial charge on any atom is -0.435 e. The van der Waals surface area contributed by atoms with Gasteiger partial charge in [-0.05, 0) is 43.5 Å². The van der Waals surface area contributed by atoms with E-state index in [0.29, 0.717) is 34.8 Å². The first-order valence-corrected chi connectivity index (χ1v) is 8.01. The second-order valence-electron chi connectivity index (χ2n) is 6.01. The number of aliphatic hydroxyl groups is 1. The molecule has 1 aliphatic rings. The van der Waals surface area contributed by atoms with E-state index in [1.807, 2.05) is 18.2 Å². The largest absolute Gasteiger partial charge is 0.435 e. The highest BCUT2D eigenvalue weighted by Crippen LogP contribution is 2.28. The molecule has 2 aromatic heterocycles. The Morgan fingerprint density at radius 1 is 1.25 bits per heavy atom. The van der Waals surface area contributed by atoms with Crippen LogP contribution >= 0.6 is 0 Å². The molecule has 0 spiro atoms. The van der Waals surface area contributed by atoms with E-state index in [4.69, 9.17) is 4.42 Å². The predicted molar refractivity (Wildman–Crippen MR) is 89.2 cm³/mol. The first-order chi connectivity index (χ1) is 11.7. The number of pyridine rings is 1. The van der Waals surface area contributed by atoms with Crippen LogP contribution in [0.4, 0.5) is 5.69 Å². The quantitative estimate of drug-likeness (QED) is 0.773. The molecule has 3 aromatic rings. The number of rotatable bonds is 3. The lowest BCUT2D eigenvalue weighted by Crippen LogP contribution is -2.28. The number of hydrogen-bond donors (Lipinski definition) is 2. The van der Waals surface area contributed by atoms with Crippen molar-refractivity contribution in [2.24, 2.45) is 5.92 Å². The zero-order chi connectivity index (χ0) is 16.5. The zero-order valence-corrected chi connectivity index (χ0v) is 13.0. The summed E-state index contributed by atoms with van der Waals surface area (Å²) in [5.74, 6) is -0.0383. The van der Waals surface area contributed by atoms with Crippen LogP contribution in [0.1, 0.15) is 19.3 Å². The summed E-state index contributed by atoms with van der Waals surface area (Å²) in [5, 5.41) is 12.7. The summed E-state index contributed by atoms with van der Waals surface area (Å²) in [6.45, 7) is 0. The van der Waals surface area contributed by atoms with Gasteiger partial charge in [0.1, 0.15) is 11.2 Å². The van der Waals surface area contributed by atoms with Crippen LogP contribution in [-0.2, 0) is 4.79 Å². The monoisotopic (exact) mass is 323 g/mol. The molecule has 24 heavy (non-hydrogen) atoms. The molecule has 2 N–H and O–H groups in total. The van der Waals surface area contributed by atoms with Crippen molar-refractivity contribution in [1.29, 1.82) is 0 Å². The van der Waals surface area contributed by atoms with Gasteiger partial charge in [-0.1, -0.05) is 6.07 Å². The van der Waals surface area contributed by atoms with Crippen LogP contribution in [0, 0.1) is 5.92 Å². The Kier molecular flexibility index (Phi) is 3.74. The molecule has 122 valence electrons. The van der Waals surface area contributed by atoms with E-state index in [2.05, 4.69) is 15.3 Å². The fraction of sp³-hybridized carbons (Fsp3) is 0.278. The van der Waals surface area contributed by atoms with E-state index >= 15 is 0 Å². The lowest BCUT2D eigenvalue weighted by atomic mass is 10.1. The summed E-state index contributed by atoms with van der Waals surface area (Å²) in [6, 6.07) is 10.9. The van der Waals surface area contributed by atoms with Crippen molar-refractivity contribution in [1.82, 2.24) is 9.97 Å². The maximum Gasteiger partial charge on any atom is 0.246 e. The van der Waals surface area contributed by atoms with Gasteiger partial charge in [-0.25, -0.2) is 4.98 Å². The number of carbonyl (C=O) groups is 1. The second-order valence-corrected chi connectivity index (χ2v) is 6.01. The lowest BCUT2D eigenvalue weighted by molar-refractivity contribution is -0.122. The van der Waals surface area contributed by atoms with E-state index < -0.39 is 6.10 Å². The molecule has 0 saturated heterocycles. The van der Waals surface area contributed by atoms with Crippen molar-refractivity contribution in [3.8, 4) is 11.6 Å². The number of anilines is 1. The number of aliphatic hydroxyl groups excluding tert-OH is 1. The van der Waals surface area contributed by atoms with Crippen molar-refractivity contribution < 1.29 is 14.3 Å². The van der Waals surface area contributed by atoms with Gasteiger partial charge in [0.2, 0.25) is 11.8 Å². The molecule has 0 bridgehead atoms. The van der Waals surface area contributed by atoms with Crippen molar-refractivity contribution in [3.63, 3.8) is 0 Å². The normalized spacial score (nSPS) is 20.4. The van der Waals surface area contributed by atoms with Crippen LogP contribution in [0.2, 0.25) is 0 Å². The standard InChI is InChI=1S/C18H17N3O3/c22-15-6-3-4-12(15)17(23)20-11-7-8-13-16(10-11)24-18(21-13)14-5-1-2-9-19-14/h1-2,5,7-10,12,15,22H,3-4,6H2,(H,20,23). The summed E-state index contributed by atoms with van der Waals surface area (Å²) in [5.41, 5.74) is 2.58. The number of oxazole rings is 1. The predicted octanol–water partition coefficient (Wildman–Crippen LogP) is 2.99. The van der Waals surface area contributed by atoms with Crippen LogP contribution in [0.3, 0.4) is 0 Å². The molecule has 0 radical (unpaired) electrons. The summed E-state index contributed by atoms with van der Waals surface area (Å²) in [4.78, 5) is 20.9. The highest BCUT2D eigenvalue weighted by Gasteiger charge is 2.31. The molecule has 1 aromatic carbocycles. The third-order valence-corrected chi connectivity index (χ3v) is 4.36.